The van der Waals surface area contributed by atoms with Crippen molar-refractivity contribution < 1.29 is 9.90 Å². The van der Waals surface area contributed by atoms with E-state index in [4.69, 9.17) is 0 Å². The molecule has 0 saturated carbocycles. The zero-order valence-corrected chi connectivity index (χ0v) is 11.6. The highest BCUT2D eigenvalue weighted by atomic mass is 16.3. The number of carbonyl (C=O) groups is 1. The summed E-state index contributed by atoms with van der Waals surface area (Å²) in [4.78, 5) is 13.7. The van der Waals surface area contributed by atoms with Gasteiger partial charge in [0.2, 0.25) is 5.91 Å². The van der Waals surface area contributed by atoms with Crippen LogP contribution in [0.5, 0.6) is 0 Å². The van der Waals surface area contributed by atoms with Gasteiger partial charge in [-0.15, -0.1) is 0 Å². The van der Waals surface area contributed by atoms with E-state index in [9.17, 15) is 9.90 Å². The van der Waals surface area contributed by atoms with Crippen LogP contribution in [0, 0.1) is 0 Å². The Balaban J connectivity index is 1.98. The van der Waals surface area contributed by atoms with Crippen LogP contribution < -0.4 is 0 Å². The fourth-order valence-electron chi connectivity index (χ4n) is 2.52. The summed E-state index contributed by atoms with van der Waals surface area (Å²) in [6.45, 7) is 3.31. The van der Waals surface area contributed by atoms with Gasteiger partial charge in [-0.3, -0.25) is 4.79 Å². The molecule has 1 heterocycles. The molecule has 104 valence electrons. The number of likely N-dealkylation sites (tertiary alicyclic amines) is 1. The van der Waals surface area contributed by atoms with Crippen LogP contribution >= 0.6 is 0 Å². The van der Waals surface area contributed by atoms with Crippen LogP contribution in [0.15, 0.2) is 24.3 Å². The summed E-state index contributed by atoms with van der Waals surface area (Å²) < 4.78 is 0. The predicted octanol–water partition coefficient (Wildman–Crippen LogP) is 2.69. The first-order valence-electron chi connectivity index (χ1n) is 7.25. The van der Waals surface area contributed by atoms with Gasteiger partial charge in [0.05, 0.1) is 12.6 Å². The lowest BCUT2D eigenvalue weighted by molar-refractivity contribution is -0.132. The lowest BCUT2D eigenvalue weighted by Crippen LogP contribution is -2.34. The number of nitrogens with zero attached hydrogens (tertiary/aromatic N) is 1. The lowest BCUT2D eigenvalue weighted by atomic mass is 10.1. The summed E-state index contributed by atoms with van der Waals surface area (Å²) in [6.07, 6.45) is 4.20. The molecule has 1 N–H and O–H groups in total. The Morgan fingerprint density at radius 1 is 1.21 bits per heavy atom. The molecule has 19 heavy (non-hydrogen) atoms. The molecule has 1 unspecified atom stereocenters. The topological polar surface area (TPSA) is 40.5 Å². The highest BCUT2D eigenvalue weighted by molar-refractivity contribution is 5.76. The molecule has 1 aliphatic rings. The van der Waals surface area contributed by atoms with Gasteiger partial charge in [0.15, 0.2) is 0 Å². The number of hydrogen-bond acceptors (Lipinski definition) is 2. The van der Waals surface area contributed by atoms with Gasteiger partial charge < -0.3 is 10.0 Å². The largest absolute Gasteiger partial charge is 0.387 e. The summed E-state index contributed by atoms with van der Waals surface area (Å²) in [5.74, 6) is 0.182. The average molecular weight is 261 g/mol. The number of rotatable bonds is 4. The minimum atomic E-state index is -0.576. The van der Waals surface area contributed by atoms with E-state index >= 15 is 0 Å². The molecule has 0 aliphatic carbocycles. The maximum absolute atomic E-state index is 11.9. The minimum Gasteiger partial charge on any atom is -0.387 e. The number of benzene rings is 1. The van der Waals surface area contributed by atoms with Gasteiger partial charge in [0.25, 0.3) is 0 Å². The quantitative estimate of drug-likeness (QED) is 0.905. The maximum Gasteiger partial charge on any atom is 0.222 e. The third kappa shape index (κ3) is 3.80. The fraction of sp³-hybridized carbons (Fsp3) is 0.562. The van der Waals surface area contributed by atoms with Crippen molar-refractivity contribution in [3.63, 3.8) is 0 Å². The molecule has 0 radical (unpaired) electrons. The van der Waals surface area contributed by atoms with E-state index < -0.39 is 6.10 Å². The first kappa shape index (κ1) is 14.1. The predicted molar refractivity (Wildman–Crippen MR) is 75.8 cm³/mol. The average Bonchev–Trinajstić information content (AvgIpc) is 2.64. The molecule has 2 rings (SSSR count). The molecular weight excluding hydrogens is 238 g/mol. The Morgan fingerprint density at radius 2 is 1.95 bits per heavy atom. The molecule has 3 nitrogen and oxygen atoms in total. The molecule has 1 atom stereocenters. The van der Waals surface area contributed by atoms with Crippen molar-refractivity contribution in [1.82, 2.24) is 4.90 Å². The van der Waals surface area contributed by atoms with Crippen LogP contribution in [0.3, 0.4) is 0 Å². The number of aliphatic hydroxyl groups excluding tert-OH is 1. The van der Waals surface area contributed by atoms with Crippen LogP contribution in [-0.4, -0.2) is 29.0 Å². The van der Waals surface area contributed by atoms with Crippen molar-refractivity contribution in [2.24, 2.45) is 0 Å². The molecular formula is C16H23NO2. The van der Waals surface area contributed by atoms with E-state index in [1.165, 1.54) is 5.56 Å². The molecule has 0 spiro atoms. The van der Waals surface area contributed by atoms with Gasteiger partial charge in [-0.2, -0.15) is 0 Å². The van der Waals surface area contributed by atoms with E-state index in [2.05, 4.69) is 6.92 Å². The van der Waals surface area contributed by atoms with E-state index in [1.54, 1.807) is 0 Å². The molecule has 1 saturated heterocycles. The summed E-state index contributed by atoms with van der Waals surface area (Å²) >= 11 is 0. The van der Waals surface area contributed by atoms with E-state index in [-0.39, 0.29) is 5.91 Å². The molecule has 1 fully saturated rings. The zero-order chi connectivity index (χ0) is 13.7. The number of amides is 1. The van der Waals surface area contributed by atoms with E-state index in [1.807, 2.05) is 29.2 Å². The number of aryl methyl sites for hydroxylation is 1. The fourth-order valence-corrected chi connectivity index (χ4v) is 2.52. The third-order valence-electron chi connectivity index (χ3n) is 3.84. The third-order valence-corrected chi connectivity index (χ3v) is 3.84. The van der Waals surface area contributed by atoms with Crippen LogP contribution in [0.4, 0.5) is 0 Å². The Kier molecular flexibility index (Phi) is 4.97. The molecule has 3 heteroatoms. The monoisotopic (exact) mass is 261 g/mol. The molecule has 1 aromatic rings. The molecule has 1 aliphatic heterocycles. The van der Waals surface area contributed by atoms with Gasteiger partial charge >= 0.3 is 0 Å². The van der Waals surface area contributed by atoms with Crippen molar-refractivity contribution in [2.75, 3.05) is 13.1 Å². The Hall–Kier alpha value is -1.35. The highest BCUT2D eigenvalue weighted by Crippen LogP contribution is 2.18. The van der Waals surface area contributed by atoms with Gasteiger partial charge in [-0.05, 0) is 30.4 Å². The minimum absolute atomic E-state index is 0.182. The molecule has 0 bridgehead atoms. The summed E-state index contributed by atoms with van der Waals surface area (Å²) in [6, 6.07) is 8.02. The summed E-state index contributed by atoms with van der Waals surface area (Å²) in [5, 5.41) is 10.3. The number of carbonyl (C=O) groups excluding carboxylic acids is 1. The normalized spacial score (nSPS) is 18.2. The smallest absolute Gasteiger partial charge is 0.222 e. The Morgan fingerprint density at radius 3 is 2.63 bits per heavy atom. The Bertz CT molecular complexity index is 413. The Labute approximate surface area is 115 Å². The second kappa shape index (κ2) is 6.71. The van der Waals surface area contributed by atoms with Crippen LogP contribution in [0.2, 0.25) is 0 Å². The van der Waals surface area contributed by atoms with E-state index in [0.717, 1.165) is 37.8 Å². The van der Waals surface area contributed by atoms with Gasteiger partial charge in [-0.25, -0.2) is 0 Å². The summed E-state index contributed by atoms with van der Waals surface area (Å²) in [5.41, 5.74) is 2.16. The zero-order valence-electron chi connectivity index (χ0n) is 11.6. The lowest BCUT2D eigenvalue weighted by Gasteiger charge is -2.24. The van der Waals surface area contributed by atoms with Crippen molar-refractivity contribution in [2.45, 2.75) is 45.1 Å². The summed E-state index contributed by atoms with van der Waals surface area (Å²) in [7, 11) is 0. The second-order valence-electron chi connectivity index (χ2n) is 5.26. The SMILES string of the molecule is CCc1ccc(C(O)CN2CCCCCC2=O)cc1. The van der Waals surface area contributed by atoms with E-state index in [0.29, 0.717) is 13.0 Å². The van der Waals surface area contributed by atoms with Crippen molar-refractivity contribution >= 4 is 5.91 Å². The first-order valence-corrected chi connectivity index (χ1v) is 7.25. The van der Waals surface area contributed by atoms with Crippen LogP contribution in [0.25, 0.3) is 0 Å². The van der Waals surface area contributed by atoms with Crippen LogP contribution in [0.1, 0.15) is 49.8 Å². The highest BCUT2D eigenvalue weighted by Gasteiger charge is 2.20. The van der Waals surface area contributed by atoms with Crippen molar-refractivity contribution in [3.8, 4) is 0 Å². The van der Waals surface area contributed by atoms with Gasteiger partial charge in [0.1, 0.15) is 0 Å². The maximum atomic E-state index is 11.9. The van der Waals surface area contributed by atoms with Crippen molar-refractivity contribution in [1.29, 1.82) is 0 Å². The van der Waals surface area contributed by atoms with Crippen molar-refractivity contribution in [3.05, 3.63) is 35.4 Å². The van der Waals surface area contributed by atoms with Gasteiger partial charge in [-0.1, -0.05) is 37.6 Å². The first-order chi connectivity index (χ1) is 9.20. The second-order valence-corrected chi connectivity index (χ2v) is 5.26. The van der Waals surface area contributed by atoms with Gasteiger partial charge in [0, 0.05) is 13.0 Å². The number of β-amino-alcohol motifs (C(OH)–C–C–N with tert-alkyl or cyclic N) is 1. The molecule has 1 amide bonds. The molecule has 1 aromatic carbocycles. The number of aliphatic hydroxyl groups is 1. The standard InChI is InChI=1S/C16H23NO2/c1-2-13-7-9-14(10-8-13)15(18)12-17-11-5-3-4-6-16(17)19/h7-10,15,18H,2-6,11-12H2,1H3. The number of hydrogen-bond donors (Lipinski definition) is 1. The molecule has 0 aromatic heterocycles. The van der Waals surface area contributed by atoms with Crippen LogP contribution in [-0.2, 0) is 11.2 Å².